The van der Waals surface area contributed by atoms with Gasteiger partial charge in [0.1, 0.15) is 5.82 Å². The molecule has 4 rings (SSSR count). The minimum atomic E-state index is -0.406. The number of nitrogens with zero attached hydrogens (tertiary/aromatic N) is 5. The number of likely N-dealkylation sites (tertiary alicyclic amines) is 1. The Kier molecular flexibility index (Phi) is 7.04. The normalized spacial score (nSPS) is 22.8. The molecule has 0 bridgehead atoms. The summed E-state index contributed by atoms with van der Waals surface area (Å²) < 4.78 is 9.13. The molecule has 0 aromatic carbocycles. The van der Waals surface area contributed by atoms with Crippen LogP contribution >= 0.6 is 0 Å². The topological polar surface area (TPSA) is 105 Å². The summed E-state index contributed by atoms with van der Waals surface area (Å²) >= 11 is 0. The molecule has 10 nitrogen and oxygen atoms in total. The predicted octanol–water partition coefficient (Wildman–Crippen LogP) is 1.07. The molecule has 2 aromatic rings. The summed E-state index contributed by atoms with van der Waals surface area (Å²) in [4.78, 5) is 49.2. The van der Waals surface area contributed by atoms with Gasteiger partial charge in [-0.1, -0.05) is 13.3 Å². The quantitative estimate of drug-likeness (QED) is 0.691. The molecule has 0 spiro atoms. The van der Waals surface area contributed by atoms with E-state index >= 15 is 0 Å². The van der Waals surface area contributed by atoms with Crippen LogP contribution in [0.15, 0.2) is 9.59 Å². The molecule has 2 fully saturated rings. The molecule has 182 valence electrons. The van der Waals surface area contributed by atoms with E-state index in [0.717, 1.165) is 44.6 Å². The number of morpholine rings is 1. The monoisotopic (exact) mass is 460 g/mol. The molecule has 0 saturated carbocycles. The minimum absolute atomic E-state index is 0.0428. The number of amides is 1. The highest BCUT2D eigenvalue weighted by Crippen LogP contribution is 2.23. The average molecular weight is 461 g/mol. The van der Waals surface area contributed by atoms with Crippen LogP contribution in [-0.2, 0) is 29.7 Å². The molecule has 2 saturated heterocycles. The molecule has 2 aromatic heterocycles. The molecule has 0 aliphatic carbocycles. The van der Waals surface area contributed by atoms with Gasteiger partial charge in [0.25, 0.3) is 5.56 Å². The molecule has 1 amide bonds. The first kappa shape index (κ1) is 23.7. The SMILES string of the molecule is CCCCn1c(=O)[nH]c(=O)c2c1nc(CN1CCC(C(=O)N3CC(C)OC(C)C3)CC1)n2C. The van der Waals surface area contributed by atoms with Crippen LogP contribution in [0.4, 0.5) is 0 Å². The van der Waals surface area contributed by atoms with E-state index in [1.807, 2.05) is 25.8 Å². The lowest BCUT2D eigenvalue weighted by Crippen LogP contribution is -2.51. The molecular weight excluding hydrogens is 424 g/mol. The van der Waals surface area contributed by atoms with Crippen LogP contribution in [0.5, 0.6) is 0 Å². The van der Waals surface area contributed by atoms with E-state index < -0.39 is 11.2 Å². The molecule has 2 atom stereocenters. The number of imidazole rings is 1. The first-order valence-corrected chi connectivity index (χ1v) is 12.1. The number of rotatable bonds is 6. The van der Waals surface area contributed by atoms with Crippen molar-refractivity contribution in [3.8, 4) is 0 Å². The number of piperidine rings is 1. The van der Waals surface area contributed by atoms with Gasteiger partial charge in [0.2, 0.25) is 5.91 Å². The van der Waals surface area contributed by atoms with Gasteiger partial charge in [-0.3, -0.25) is 24.0 Å². The molecular formula is C23H36N6O4. The maximum atomic E-state index is 13.0. The summed E-state index contributed by atoms with van der Waals surface area (Å²) in [6.45, 7) is 10.1. The van der Waals surface area contributed by atoms with Gasteiger partial charge in [0.05, 0.1) is 18.8 Å². The predicted molar refractivity (Wildman–Crippen MR) is 125 cm³/mol. The zero-order valence-corrected chi connectivity index (χ0v) is 20.2. The van der Waals surface area contributed by atoms with E-state index in [1.54, 1.807) is 9.13 Å². The lowest BCUT2D eigenvalue weighted by Gasteiger charge is -2.39. The smallest absolute Gasteiger partial charge is 0.330 e. The number of aromatic amines is 1. The van der Waals surface area contributed by atoms with Gasteiger partial charge in [0.15, 0.2) is 11.2 Å². The van der Waals surface area contributed by atoms with Crippen molar-refractivity contribution in [3.63, 3.8) is 0 Å². The Morgan fingerprint density at radius 2 is 1.82 bits per heavy atom. The molecule has 2 aliphatic rings. The number of carbonyl (C=O) groups is 1. The van der Waals surface area contributed by atoms with Gasteiger partial charge in [-0.15, -0.1) is 0 Å². The Morgan fingerprint density at radius 1 is 1.15 bits per heavy atom. The van der Waals surface area contributed by atoms with Crippen molar-refractivity contribution in [2.45, 2.75) is 71.8 Å². The van der Waals surface area contributed by atoms with E-state index in [1.165, 1.54) is 0 Å². The van der Waals surface area contributed by atoms with Crippen LogP contribution < -0.4 is 11.2 Å². The number of nitrogens with one attached hydrogen (secondary N) is 1. The van der Waals surface area contributed by atoms with Gasteiger partial charge in [-0.05, 0) is 46.2 Å². The second-order valence-electron chi connectivity index (χ2n) is 9.57. The number of carbonyl (C=O) groups excluding carboxylic acids is 1. The third-order valence-corrected chi connectivity index (χ3v) is 6.87. The minimum Gasteiger partial charge on any atom is -0.372 e. The van der Waals surface area contributed by atoms with E-state index in [0.29, 0.717) is 37.3 Å². The van der Waals surface area contributed by atoms with Crippen LogP contribution in [-0.4, -0.2) is 73.2 Å². The number of hydrogen-bond acceptors (Lipinski definition) is 6. The zero-order valence-electron chi connectivity index (χ0n) is 20.2. The highest BCUT2D eigenvalue weighted by Gasteiger charge is 2.33. The Morgan fingerprint density at radius 3 is 2.45 bits per heavy atom. The fourth-order valence-corrected chi connectivity index (χ4v) is 5.11. The van der Waals surface area contributed by atoms with E-state index in [4.69, 9.17) is 9.72 Å². The number of unbranched alkanes of at least 4 members (excludes halogenated alkanes) is 1. The van der Waals surface area contributed by atoms with E-state index in [9.17, 15) is 14.4 Å². The molecule has 2 aliphatic heterocycles. The number of aryl methyl sites for hydroxylation is 2. The second kappa shape index (κ2) is 9.80. The van der Waals surface area contributed by atoms with Crippen molar-refractivity contribution in [2.24, 2.45) is 13.0 Å². The number of ether oxygens (including phenoxy) is 1. The first-order valence-electron chi connectivity index (χ1n) is 12.1. The second-order valence-corrected chi connectivity index (χ2v) is 9.57. The summed E-state index contributed by atoms with van der Waals surface area (Å²) in [5.74, 6) is 1.04. The third-order valence-electron chi connectivity index (χ3n) is 6.87. The van der Waals surface area contributed by atoms with Crippen LogP contribution in [0, 0.1) is 5.92 Å². The van der Waals surface area contributed by atoms with Gasteiger partial charge in [-0.25, -0.2) is 9.78 Å². The summed E-state index contributed by atoms with van der Waals surface area (Å²) in [7, 11) is 1.82. The maximum absolute atomic E-state index is 13.0. The maximum Gasteiger partial charge on any atom is 0.330 e. The Bertz CT molecular complexity index is 1100. The van der Waals surface area contributed by atoms with Crippen LogP contribution in [0.1, 0.15) is 52.3 Å². The van der Waals surface area contributed by atoms with Crippen LogP contribution in [0.3, 0.4) is 0 Å². The van der Waals surface area contributed by atoms with Gasteiger partial charge in [-0.2, -0.15) is 0 Å². The van der Waals surface area contributed by atoms with Crippen molar-refractivity contribution in [1.82, 2.24) is 28.9 Å². The largest absolute Gasteiger partial charge is 0.372 e. The van der Waals surface area contributed by atoms with Crippen molar-refractivity contribution >= 4 is 17.1 Å². The van der Waals surface area contributed by atoms with Crippen molar-refractivity contribution in [2.75, 3.05) is 26.2 Å². The van der Waals surface area contributed by atoms with Crippen molar-refractivity contribution in [3.05, 3.63) is 26.7 Å². The van der Waals surface area contributed by atoms with Gasteiger partial charge < -0.3 is 14.2 Å². The highest BCUT2D eigenvalue weighted by molar-refractivity contribution is 5.79. The summed E-state index contributed by atoms with van der Waals surface area (Å²) in [5.41, 5.74) is 0.0793. The average Bonchev–Trinajstić information content (AvgIpc) is 3.09. The van der Waals surface area contributed by atoms with Crippen molar-refractivity contribution in [1.29, 1.82) is 0 Å². The Hall–Kier alpha value is -2.46. The zero-order chi connectivity index (χ0) is 23.7. The summed E-state index contributed by atoms with van der Waals surface area (Å²) in [6.07, 6.45) is 3.56. The van der Waals surface area contributed by atoms with E-state index in [2.05, 4.69) is 16.8 Å². The third kappa shape index (κ3) is 4.91. The number of fused-ring (bicyclic) bond motifs is 1. The summed E-state index contributed by atoms with van der Waals surface area (Å²) in [5, 5.41) is 0. The molecule has 10 heteroatoms. The van der Waals surface area contributed by atoms with Gasteiger partial charge in [0, 0.05) is 32.6 Å². The molecule has 1 N–H and O–H groups in total. The fraction of sp³-hybridized carbons (Fsp3) is 0.739. The molecule has 0 radical (unpaired) electrons. The van der Waals surface area contributed by atoms with Gasteiger partial charge >= 0.3 is 5.69 Å². The Labute approximate surface area is 193 Å². The van der Waals surface area contributed by atoms with Crippen molar-refractivity contribution < 1.29 is 9.53 Å². The molecule has 2 unspecified atom stereocenters. The Balaban J connectivity index is 1.44. The highest BCUT2D eigenvalue weighted by atomic mass is 16.5. The fourth-order valence-electron chi connectivity index (χ4n) is 5.11. The number of hydrogen-bond donors (Lipinski definition) is 1. The van der Waals surface area contributed by atoms with Crippen LogP contribution in [0.2, 0.25) is 0 Å². The number of H-pyrrole nitrogens is 1. The molecule has 33 heavy (non-hydrogen) atoms. The number of aromatic nitrogens is 4. The summed E-state index contributed by atoms with van der Waals surface area (Å²) in [6, 6.07) is 0. The molecule has 4 heterocycles. The lowest BCUT2D eigenvalue weighted by atomic mass is 9.94. The lowest BCUT2D eigenvalue weighted by molar-refractivity contribution is -0.148. The standard InChI is InChI=1S/C23H36N6O4/c1-5-6-9-29-20-19(21(30)25-23(29)32)26(4)18(24-20)14-27-10-7-17(8-11-27)22(31)28-12-15(2)33-16(3)13-28/h15-17H,5-14H2,1-4H3,(H,25,30,32). The first-order chi connectivity index (χ1) is 15.8. The van der Waals surface area contributed by atoms with Crippen LogP contribution in [0.25, 0.3) is 11.2 Å². The van der Waals surface area contributed by atoms with E-state index in [-0.39, 0.29) is 24.0 Å².